The van der Waals surface area contributed by atoms with Gasteiger partial charge in [-0.1, -0.05) is 29.4 Å². The molecule has 2 atom stereocenters. The van der Waals surface area contributed by atoms with Crippen LogP contribution in [0.2, 0.25) is 0 Å². The summed E-state index contributed by atoms with van der Waals surface area (Å²) < 4.78 is 10.5. The number of ether oxygens (including phenoxy) is 2. The van der Waals surface area contributed by atoms with E-state index in [-0.39, 0.29) is 12.8 Å². The van der Waals surface area contributed by atoms with Crippen LogP contribution >= 0.6 is 0 Å². The van der Waals surface area contributed by atoms with Crippen LogP contribution in [0.5, 0.6) is 11.5 Å². The van der Waals surface area contributed by atoms with Crippen LogP contribution in [-0.2, 0) is 9.59 Å². The molecule has 1 saturated heterocycles. The molecule has 2 aromatic rings. The van der Waals surface area contributed by atoms with E-state index in [1.807, 2.05) is 0 Å². The Labute approximate surface area is 184 Å². The lowest BCUT2D eigenvalue weighted by molar-refractivity contribution is -0.148. The maximum Gasteiger partial charge on any atom is 0.328 e. The molecule has 1 heterocycles. The first-order valence-corrected chi connectivity index (χ1v) is 10.1. The summed E-state index contributed by atoms with van der Waals surface area (Å²) in [5.74, 6) is -1.49. The first kappa shape index (κ1) is 21.4. The van der Waals surface area contributed by atoms with Gasteiger partial charge in [0.05, 0.1) is 19.9 Å². The van der Waals surface area contributed by atoms with Crippen LogP contribution < -0.4 is 20.1 Å². The Morgan fingerprint density at radius 1 is 0.812 bits per heavy atom. The maximum atomic E-state index is 13.5. The van der Waals surface area contributed by atoms with Gasteiger partial charge in [0, 0.05) is 11.8 Å². The van der Waals surface area contributed by atoms with Crippen LogP contribution in [0, 0.1) is 5.41 Å². The lowest BCUT2D eigenvalue weighted by Gasteiger charge is -2.48. The molecule has 1 aliphatic heterocycles. The molecule has 9 nitrogen and oxygen atoms in total. The summed E-state index contributed by atoms with van der Waals surface area (Å²) in [7, 11) is 3.09. The van der Waals surface area contributed by atoms with Gasteiger partial charge >= 0.3 is 6.03 Å². The number of methoxy groups -OCH3 is 2. The number of rotatable bonds is 4. The highest BCUT2D eigenvalue weighted by Gasteiger charge is 2.63. The Morgan fingerprint density at radius 2 is 1.22 bits per heavy atom. The number of benzene rings is 2. The molecule has 2 aromatic carbocycles. The first-order valence-electron chi connectivity index (χ1n) is 10.1. The molecular formula is C23H23N3O6. The van der Waals surface area contributed by atoms with Gasteiger partial charge in [0.15, 0.2) is 0 Å². The summed E-state index contributed by atoms with van der Waals surface area (Å²) in [4.78, 5) is 38.8. The summed E-state index contributed by atoms with van der Waals surface area (Å²) in [5.41, 5.74) is 0.190. The number of carbonyl (C=O) groups excluding carboxylic acids is 3. The smallest absolute Gasteiger partial charge is 0.328 e. The number of nitrogens with zero attached hydrogens (tertiary/aromatic N) is 1. The van der Waals surface area contributed by atoms with Crippen molar-refractivity contribution in [3.05, 3.63) is 59.7 Å². The van der Waals surface area contributed by atoms with E-state index in [1.54, 1.807) is 62.8 Å². The minimum absolute atomic E-state index is 0.171. The van der Waals surface area contributed by atoms with Crippen molar-refractivity contribution in [2.45, 2.75) is 24.7 Å². The highest BCUT2D eigenvalue weighted by atomic mass is 16.5. The highest BCUT2D eigenvalue weighted by Crippen LogP contribution is 2.55. The number of hydrogen-bond acceptors (Lipinski definition) is 7. The molecule has 32 heavy (non-hydrogen) atoms. The van der Waals surface area contributed by atoms with Crippen molar-refractivity contribution in [2.24, 2.45) is 10.6 Å². The van der Waals surface area contributed by atoms with Crippen LogP contribution in [0.3, 0.4) is 0 Å². The van der Waals surface area contributed by atoms with E-state index in [0.717, 1.165) is 0 Å². The molecule has 4 amide bonds. The zero-order valence-corrected chi connectivity index (χ0v) is 17.6. The minimum atomic E-state index is -1.63. The van der Waals surface area contributed by atoms with E-state index in [4.69, 9.17) is 9.47 Å². The van der Waals surface area contributed by atoms with Crippen molar-refractivity contribution >= 4 is 23.6 Å². The highest BCUT2D eigenvalue weighted by molar-refractivity contribution is 6.21. The molecule has 1 spiro atoms. The molecule has 0 radical (unpaired) electrons. The SMILES string of the molecule is COc1ccc([C@@H]2CC(=NO)C[C@@H](c3ccc(OC)cc3)C23C(=O)NC(=O)NC3=O)cc1. The fourth-order valence-corrected chi connectivity index (χ4v) is 4.82. The van der Waals surface area contributed by atoms with Crippen molar-refractivity contribution in [1.29, 1.82) is 0 Å². The largest absolute Gasteiger partial charge is 0.497 e. The van der Waals surface area contributed by atoms with Crippen molar-refractivity contribution in [3.63, 3.8) is 0 Å². The molecule has 0 bridgehead atoms. The molecule has 4 rings (SSSR count). The van der Waals surface area contributed by atoms with Gasteiger partial charge in [-0.2, -0.15) is 0 Å². The van der Waals surface area contributed by atoms with Crippen LogP contribution in [-0.4, -0.2) is 43.0 Å². The van der Waals surface area contributed by atoms with Crippen molar-refractivity contribution in [3.8, 4) is 11.5 Å². The third kappa shape index (κ3) is 3.35. The Kier molecular flexibility index (Phi) is 5.56. The predicted molar refractivity (Wildman–Crippen MR) is 114 cm³/mol. The molecule has 2 aliphatic rings. The van der Waals surface area contributed by atoms with E-state index in [1.165, 1.54) is 0 Å². The maximum absolute atomic E-state index is 13.5. The summed E-state index contributed by atoms with van der Waals surface area (Å²) >= 11 is 0. The third-order valence-electron chi connectivity index (χ3n) is 6.36. The molecule has 9 heteroatoms. The van der Waals surface area contributed by atoms with Gasteiger partial charge < -0.3 is 14.7 Å². The summed E-state index contributed by atoms with van der Waals surface area (Å²) in [6.45, 7) is 0. The number of nitrogens with one attached hydrogen (secondary N) is 2. The lowest BCUT2D eigenvalue weighted by atomic mass is 9.54. The Morgan fingerprint density at radius 3 is 1.56 bits per heavy atom. The second-order valence-electron chi connectivity index (χ2n) is 7.83. The van der Waals surface area contributed by atoms with Crippen molar-refractivity contribution < 1.29 is 29.1 Å². The normalized spacial score (nSPS) is 22.2. The molecule has 0 aromatic heterocycles. The number of oxime groups is 1. The molecular weight excluding hydrogens is 414 g/mol. The summed E-state index contributed by atoms with van der Waals surface area (Å²) in [5, 5.41) is 17.7. The van der Waals surface area contributed by atoms with Crippen molar-refractivity contribution in [1.82, 2.24) is 10.6 Å². The predicted octanol–water partition coefficient (Wildman–Crippen LogP) is 2.55. The molecule has 0 unspecified atom stereocenters. The Bertz CT molecular complexity index is 996. The molecule has 1 aliphatic carbocycles. The van der Waals surface area contributed by atoms with Gasteiger partial charge in [0.2, 0.25) is 11.8 Å². The van der Waals surface area contributed by atoms with Crippen LogP contribution in [0.1, 0.15) is 35.8 Å². The summed E-state index contributed by atoms with van der Waals surface area (Å²) in [6, 6.07) is 13.2. The Balaban J connectivity index is 1.92. The lowest BCUT2D eigenvalue weighted by Crippen LogP contribution is -2.67. The average molecular weight is 437 g/mol. The third-order valence-corrected chi connectivity index (χ3v) is 6.36. The molecule has 2 fully saturated rings. The second kappa shape index (κ2) is 8.33. The number of hydrogen-bond donors (Lipinski definition) is 3. The molecule has 166 valence electrons. The Hall–Kier alpha value is -3.88. The van der Waals surface area contributed by atoms with Crippen LogP contribution in [0.4, 0.5) is 4.79 Å². The van der Waals surface area contributed by atoms with Gasteiger partial charge in [-0.3, -0.25) is 20.2 Å². The second-order valence-corrected chi connectivity index (χ2v) is 7.83. The number of urea groups is 1. The van der Waals surface area contributed by atoms with E-state index in [9.17, 15) is 19.6 Å². The fraction of sp³-hybridized carbons (Fsp3) is 0.304. The van der Waals surface area contributed by atoms with E-state index in [0.29, 0.717) is 28.3 Å². The standard InChI is InChI=1S/C23H23N3O6/c1-31-16-7-3-13(4-8-16)18-11-15(26-30)12-19(14-5-9-17(32-2)10-6-14)23(18)20(27)24-22(29)25-21(23)28/h3-10,18-19,30H,11-12H2,1-2H3,(H2,24,25,27,28,29)/t18-,19-/m0/s1. The van der Waals surface area contributed by atoms with Crippen molar-refractivity contribution in [2.75, 3.05) is 14.2 Å². The van der Waals surface area contributed by atoms with Gasteiger partial charge in [0.1, 0.15) is 16.9 Å². The fourth-order valence-electron chi connectivity index (χ4n) is 4.82. The van der Waals surface area contributed by atoms with Crippen LogP contribution in [0.25, 0.3) is 0 Å². The van der Waals surface area contributed by atoms with E-state index in [2.05, 4.69) is 15.8 Å². The first-order chi connectivity index (χ1) is 15.4. The number of amides is 4. The van der Waals surface area contributed by atoms with Gasteiger partial charge in [-0.15, -0.1) is 0 Å². The zero-order valence-electron chi connectivity index (χ0n) is 17.6. The molecule has 1 saturated carbocycles. The van der Waals surface area contributed by atoms with Crippen LogP contribution in [0.15, 0.2) is 53.7 Å². The average Bonchev–Trinajstić information content (AvgIpc) is 2.82. The number of carbonyl (C=O) groups is 3. The monoisotopic (exact) mass is 437 g/mol. The van der Waals surface area contributed by atoms with Gasteiger partial charge in [0.25, 0.3) is 0 Å². The topological polar surface area (TPSA) is 126 Å². The van der Waals surface area contributed by atoms with E-state index >= 15 is 0 Å². The quantitative estimate of drug-likeness (QED) is 0.383. The van der Waals surface area contributed by atoms with Gasteiger partial charge in [-0.25, -0.2) is 4.79 Å². The molecule has 3 N–H and O–H groups in total. The minimum Gasteiger partial charge on any atom is -0.497 e. The van der Waals surface area contributed by atoms with E-state index < -0.39 is 35.1 Å². The van der Waals surface area contributed by atoms with Gasteiger partial charge in [-0.05, 0) is 48.2 Å². The summed E-state index contributed by atoms with van der Waals surface area (Å²) in [6.07, 6.45) is 0.342. The zero-order chi connectivity index (χ0) is 22.9. The number of imide groups is 2. The number of barbiturate groups is 1.